The van der Waals surface area contributed by atoms with Crippen LogP contribution >= 0.6 is 46.0 Å². The van der Waals surface area contributed by atoms with Crippen LogP contribution in [0.5, 0.6) is 0 Å². The molecule has 1 aromatic rings. The zero-order valence-electron chi connectivity index (χ0n) is 21.3. The second-order valence-electron chi connectivity index (χ2n) is 8.21. The van der Waals surface area contributed by atoms with Gasteiger partial charge in [0.25, 0.3) is 5.56 Å². The molecule has 1 fully saturated rings. The van der Waals surface area contributed by atoms with E-state index in [-0.39, 0.29) is 12.0 Å². The average Bonchev–Trinajstić information content (AvgIpc) is 3.17. The number of H-pyrrole nitrogens is 1. The largest absolute Gasteiger partial charge is 0.383 e. The lowest BCUT2D eigenvalue weighted by atomic mass is 10.1. The summed E-state index contributed by atoms with van der Waals surface area (Å²) < 4.78 is 42.6. The third-order valence-corrected chi connectivity index (χ3v) is 13.8. The number of aromatic amines is 1. The minimum absolute atomic E-state index is 0.132. The van der Waals surface area contributed by atoms with Crippen LogP contribution in [0.25, 0.3) is 10.4 Å². The molecule has 2 unspecified atom stereocenters. The molecule has 0 aliphatic carbocycles. The molecule has 0 amide bonds. The minimum Gasteiger partial charge on any atom is -0.354 e. The van der Waals surface area contributed by atoms with Gasteiger partial charge in [-0.25, -0.2) is 9.11 Å². The molecule has 224 valence electrons. The number of rotatable bonds is 11. The van der Waals surface area contributed by atoms with Crippen LogP contribution in [0, 0.1) is 6.92 Å². The molecule has 17 nitrogen and oxygen atoms in total. The molecular formula is C17H31Cl2N6O11P3. The monoisotopic (exact) mass is 658 g/mol. The maximum Gasteiger partial charge on any atom is 0.383 e. The molecule has 1 aliphatic heterocycles. The molecular weight excluding hydrogens is 628 g/mol. The van der Waals surface area contributed by atoms with Gasteiger partial charge in [0.15, 0.2) is 0 Å². The normalized spacial score (nSPS) is 22.8. The Kier molecular flexibility index (Phi) is 13.1. The summed E-state index contributed by atoms with van der Waals surface area (Å²) in [6.45, 7) is 11.5. The summed E-state index contributed by atoms with van der Waals surface area (Å²) in [5.74, 6) is 0. The van der Waals surface area contributed by atoms with E-state index in [9.17, 15) is 33.1 Å². The molecule has 0 bridgehead atoms. The molecule has 2 heterocycles. The molecule has 0 radical (unpaired) electrons. The Bertz CT molecular complexity index is 1300. The Morgan fingerprint density at radius 2 is 1.74 bits per heavy atom. The van der Waals surface area contributed by atoms with E-state index >= 15 is 0 Å². The van der Waals surface area contributed by atoms with Crippen molar-refractivity contribution in [2.24, 2.45) is 5.11 Å². The van der Waals surface area contributed by atoms with Crippen LogP contribution in [0.15, 0.2) is 20.9 Å². The molecule has 22 heteroatoms. The van der Waals surface area contributed by atoms with Gasteiger partial charge in [-0.15, -0.1) is 0 Å². The van der Waals surface area contributed by atoms with Crippen LogP contribution in [0.1, 0.15) is 39.0 Å². The molecule has 39 heavy (non-hydrogen) atoms. The van der Waals surface area contributed by atoms with Crippen LogP contribution in [-0.4, -0.2) is 75.8 Å². The predicted molar refractivity (Wildman–Crippen MR) is 143 cm³/mol. The van der Waals surface area contributed by atoms with E-state index in [0.29, 0.717) is 0 Å². The smallest absolute Gasteiger partial charge is 0.354 e. The zero-order chi connectivity index (χ0) is 30.4. The van der Waals surface area contributed by atoms with Gasteiger partial charge in [0.05, 0.1) is 18.3 Å². The molecule has 5 atom stereocenters. The Labute approximate surface area is 232 Å². The van der Waals surface area contributed by atoms with Gasteiger partial charge in [0.2, 0.25) is 0 Å². The molecule has 0 spiro atoms. The van der Waals surface area contributed by atoms with Crippen molar-refractivity contribution < 1.29 is 42.3 Å². The van der Waals surface area contributed by atoms with Crippen LogP contribution in [-0.2, 0) is 22.7 Å². The number of ether oxygens (including phenoxy) is 1. The zero-order valence-corrected chi connectivity index (χ0v) is 25.5. The lowest BCUT2D eigenvalue weighted by Gasteiger charge is -2.27. The van der Waals surface area contributed by atoms with Crippen molar-refractivity contribution in [2.45, 2.75) is 56.3 Å². The van der Waals surface area contributed by atoms with E-state index in [1.807, 2.05) is 4.98 Å². The number of alkyl halides is 2. The van der Waals surface area contributed by atoms with Crippen molar-refractivity contribution in [3.8, 4) is 0 Å². The molecule has 5 N–H and O–H groups in total. The topological polar surface area (TPSA) is 257 Å². The second kappa shape index (κ2) is 14.2. The Morgan fingerprint density at radius 3 is 2.18 bits per heavy atom. The number of hydrogen-bond donors (Lipinski definition) is 5. The molecule has 1 aromatic heterocycles. The minimum atomic E-state index is -5.82. The molecule has 0 saturated carbocycles. The Hall–Kier alpha value is -1.02. The van der Waals surface area contributed by atoms with Crippen molar-refractivity contribution >= 4 is 46.0 Å². The molecule has 2 rings (SSSR count). The lowest BCUT2D eigenvalue weighted by Crippen LogP contribution is -2.33. The number of aryl methyl sites for hydroxylation is 1. The van der Waals surface area contributed by atoms with Gasteiger partial charge in [-0.05, 0) is 32.1 Å². The van der Waals surface area contributed by atoms with E-state index < -0.39 is 62.4 Å². The van der Waals surface area contributed by atoms with Crippen LogP contribution in [0.3, 0.4) is 0 Å². The van der Waals surface area contributed by atoms with E-state index in [1.54, 1.807) is 0 Å². The number of hydrogen-bond acceptors (Lipinski definition) is 9. The van der Waals surface area contributed by atoms with Crippen molar-refractivity contribution in [1.82, 2.24) is 14.5 Å². The SMILES string of the molecule is CCN(CC)CC.Cc1cn([C@H]2C[C@H](N=[N+]=[N-])[C@@H](CP(=O)(O)OP(=O)(O)C(Cl)(Cl)P(=O)(O)O)O2)c(=O)[nH]c1=O. The van der Waals surface area contributed by atoms with Gasteiger partial charge >= 0.3 is 32.3 Å². The number of azide groups is 1. The third-order valence-electron chi connectivity index (χ3n) is 5.54. The van der Waals surface area contributed by atoms with Gasteiger partial charge in [0.1, 0.15) is 6.23 Å². The first-order chi connectivity index (χ1) is 17.8. The quantitative estimate of drug-likeness (QED) is 0.0756. The molecule has 0 aromatic carbocycles. The highest BCUT2D eigenvalue weighted by Gasteiger charge is 2.62. The fourth-order valence-electron chi connectivity index (χ4n) is 3.36. The van der Waals surface area contributed by atoms with Crippen molar-refractivity contribution in [3.63, 3.8) is 0 Å². The van der Waals surface area contributed by atoms with Gasteiger partial charge in [-0.2, -0.15) is 0 Å². The summed E-state index contributed by atoms with van der Waals surface area (Å²) in [7, 11) is -16.7. The van der Waals surface area contributed by atoms with Gasteiger partial charge in [0, 0.05) is 23.1 Å². The van der Waals surface area contributed by atoms with Gasteiger partial charge in [-0.3, -0.25) is 28.0 Å². The number of nitrogens with zero attached hydrogens (tertiary/aromatic N) is 5. The second-order valence-corrected chi connectivity index (χ2v) is 16.7. The predicted octanol–water partition coefficient (Wildman–Crippen LogP) is 2.81. The van der Waals surface area contributed by atoms with Gasteiger partial charge in [-0.1, -0.05) is 49.1 Å². The van der Waals surface area contributed by atoms with E-state index in [1.165, 1.54) is 26.6 Å². The Balaban J connectivity index is 0.000000956. The average molecular weight is 659 g/mol. The van der Waals surface area contributed by atoms with E-state index in [4.69, 9.17) is 43.3 Å². The van der Waals surface area contributed by atoms with Crippen molar-refractivity contribution in [1.29, 1.82) is 0 Å². The maximum atomic E-state index is 12.4. The van der Waals surface area contributed by atoms with E-state index in [0.717, 1.165) is 10.8 Å². The fourth-order valence-corrected chi connectivity index (χ4v) is 8.38. The summed E-state index contributed by atoms with van der Waals surface area (Å²) in [5.41, 5.74) is 7.33. The first-order valence-corrected chi connectivity index (χ1v) is 17.0. The summed E-state index contributed by atoms with van der Waals surface area (Å²) in [5, 5.41) is 3.39. The number of nitrogens with one attached hydrogen (secondary N) is 1. The highest BCUT2D eigenvalue weighted by Crippen LogP contribution is 2.79. The van der Waals surface area contributed by atoms with E-state index in [2.05, 4.69) is 40.0 Å². The lowest BCUT2D eigenvalue weighted by molar-refractivity contribution is 0.00583. The van der Waals surface area contributed by atoms with Crippen LogP contribution in [0.2, 0.25) is 0 Å². The van der Waals surface area contributed by atoms with Crippen molar-refractivity contribution in [2.75, 3.05) is 25.8 Å². The van der Waals surface area contributed by atoms with Crippen LogP contribution in [0.4, 0.5) is 0 Å². The first kappa shape index (κ1) is 36.0. The number of aromatic nitrogens is 2. The molecule has 1 aliphatic rings. The Morgan fingerprint density at radius 1 is 1.21 bits per heavy atom. The fraction of sp³-hybridized carbons (Fsp3) is 0.765. The third kappa shape index (κ3) is 9.51. The van der Waals surface area contributed by atoms with Crippen LogP contribution < -0.4 is 11.2 Å². The highest BCUT2D eigenvalue weighted by atomic mass is 35.5. The number of halogens is 2. The highest BCUT2D eigenvalue weighted by molar-refractivity contribution is 7.81. The first-order valence-electron chi connectivity index (χ1n) is 11.3. The standard InChI is InChI=1S/C11H16Cl2N5O11P3.C6H15N/c1-5-3-18(10(20)15-9(5)19)8-2-6(16-17-14)7(28-8)4-30(21,22)29-32(26,27)11(12,13)31(23,24)25;1-4-7(5-2)6-3/h3,6-8H,2,4H2,1H3,(H,21,22)(H,26,27)(H,15,19,20)(H2,23,24,25);4-6H2,1-3H3/t6-,7+,8+;/m0./s1. The summed E-state index contributed by atoms with van der Waals surface area (Å²) in [4.78, 5) is 68.3. The van der Waals surface area contributed by atoms with Gasteiger partial charge < -0.3 is 29.2 Å². The maximum absolute atomic E-state index is 12.4. The van der Waals surface area contributed by atoms with Crippen molar-refractivity contribution in [3.05, 3.63) is 43.0 Å². The molecule has 1 saturated heterocycles. The summed E-state index contributed by atoms with van der Waals surface area (Å²) >= 11 is 10.4. The summed E-state index contributed by atoms with van der Waals surface area (Å²) in [6.07, 6.45) is -2.79. The summed E-state index contributed by atoms with van der Waals surface area (Å²) in [6, 6.07) is -1.18.